The van der Waals surface area contributed by atoms with Gasteiger partial charge in [0.2, 0.25) is 6.29 Å². The maximum absolute atomic E-state index is 12.9. The van der Waals surface area contributed by atoms with E-state index in [0.29, 0.717) is 5.56 Å². The van der Waals surface area contributed by atoms with Crippen molar-refractivity contribution in [3.63, 3.8) is 0 Å². The molecule has 43 heavy (non-hydrogen) atoms. The lowest BCUT2D eigenvalue weighted by Gasteiger charge is -2.45. The number of aliphatic hydroxyl groups excluding tert-OH is 6. The van der Waals surface area contributed by atoms with Gasteiger partial charge in [0.1, 0.15) is 59.4 Å². The molecule has 2 aromatic rings. The lowest BCUT2D eigenvalue weighted by atomic mass is 9.97. The van der Waals surface area contributed by atoms with E-state index in [-0.39, 0.29) is 30.1 Å². The van der Waals surface area contributed by atoms with Gasteiger partial charge >= 0.3 is 0 Å². The Morgan fingerprint density at radius 1 is 0.837 bits per heavy atom. The van der Waals surface area contributed by atoms with Crippen molar-refractivity contribution in [3.8, 4) is 28.7 Å². The van der Waals surface area contributed by atoms with E-state index in [2.05, 4.69) is 0 Å². The molecule has 9 N–H and O–H groups in total. The summed E-state index contributed by atoms with van der Waals surface area (Å²) in [5, 5.41) is 92.3. The zero-order valence-corrected chi connectivity index (χ0v) is 23.3. The van der Waals surface area contributed by atoms with E-state index in [1.807, 2.05) is 0 Å². The molecular formula is C28H36O15. The molecule has 10 atom stereocenters. The number of carbonyl (C=O) groups excluding carboxylic acids is 1. The number of aliphatic hydroxyl groups is 6. The van der Waals surface area contributed by atoms with Crippen molar-refractivity contribution in [2.75, 3.05) is 13.7 Å². The third-order valence-corrected chi connectivity index (χ3v) is 7.41. The van der Waals surface area contributed by atoms with Crippen LogP contribution in [-0.2, 0) is 20.6 Å². The summed E-state index contributed by atoms with van der Waals surface area (Å²) in [4.78, 5) is 12.9. The van der Waals surface area contributed by atoms with Crippen molar-refractivity contribution < 1.29 is 74.4 Å². The van der Waals surface area contributed by atoms with Crippen LogP contribution in [0.5, 0.6) is 28.7 Å². The van der Waals surface area contributed by atoms with Crippen molar-refractivity contribution in [1.29, 1.82) is 0 Å². The molecule has 2 aliphatic heterocycles. The average molecular weight is 613 g/mol. The lowest BCUT2D eigenvalue weighted by Crippen LogP contribution is -2.64. The zero-order chi connectivity index (χ0) is 31.6. The van der Waals surface area contributed by atoms with E-state index in [1.54, 1.807) is 6.07 Å². The van der Waals surface area contributed by atoms with Crippen molar-refractivity contribution in [3.05, 3.63) is 41.5 Å². The van der Waals surface area contributed by atoms with Crippen LogP contribution in [0, 0.1) is 0 Å². The molecule has 2 fully saturated rings. The lowest BCUT2D eigenvalue weighted by molar-refractivity contribution is -0.354. The minimum absolute atomic E-state index is 0.110. The highest BCUT2D eigenvalue weighted by Gasteiger charge is 2.51. The maximum atomic E-state index is 12.9. The van der Waals surface area contributed by atoms with Gasteiger partial charge in [0.25, 0.3) is 0 Å². The first kappa shape index (κ1) is 32.7. The van der Waals surface area contributed by atoms with Crippen LogP contribution in [0.4, 0.5) is 0 Å². The van der Waals surface area contributed by atoms with E-state index >= 15 is 0 Å². The number of phenolic OH excluding ortho intramolecular Hbond substituents is 3. The number of aryl methyl sites for hydroxylation is 1. The maximum Gasteiger partial charge on any atom is 0.229 e. The standard InChI is InChI=1S/C28H36O15/c1-11-21(34)23(36)25(38)27(40-11)43-26-24(37)22(35)19(10-29)42-28(26)41-13-8-16(32)20(17(33)9-13)14(30)5-3-12-4-6-18(39-2)15(31)7-12/h4,6-9,11,19,21-29,31-38H,3,5,10H2,1-2H3/t11-,19+,21+,22+,23+,24-,25+,26+,27+,28+/m1/s1. The molecule has 238 valence electrons. The van der Waals surface area contributed by atoms with Crippen LogP contribution in [0.1, 0.15) is 29.3 Å². The van der Waals surface area contributed by atoms with Gasteiger partial charge in [0.05, 0.1) is 19.8 Å². The van der Waals surface area contributed by atoms with Crippen LogP contribution in [0.25, 0.3) is 0 Å². The second-order valence-electron chi connectivity index (χ2n) is 10.4. The molecule has 0 aliphatic carbocycles. The summed E-state index contributed by atoms with van der Waals surface area (Å²) >= 11 is 0. The summed E-state index contributed by atoms with van der Waals surface area (Å²) in [7, 11) is 1.40. The Balaban J connectivity index is 1.51. The summed E-state index contributed by atoms with van der Waals surface area (Å²) in [6, 6.07) is 6.59. The fraction of sp³-hybridized carbons (Fsp3) is 0.536. The molecule has 15 heteroatoms. The Hall–Kier alpha value is -3.25. The Labute approximate surface area is 245 Å². The predicted octanol–water partition coefficient (Wildman–Crippen LogP) is -1.34. The molecular weight excluding hydrogens is 576 g/mol. The van der Waals surface area contributed by atoms with Crippen LogP contribution in [0.2, 0.25) is 0 Å². The van der Waals surface area contributed by atoms with Gasteiger partial charge in [-0.3, -0.25) is 4.79 Å². The number of aromatic hydroxyl groups is 3. The number of phenols is 3. The topological polar surface area (TPSA) is 245 Å². The summed E-state index contributed by atoms with van der Waals surface area (Å²) in [5.41, 5.74) is 0.208. The number of rotatable bonds is 10. The minimum Gasteiger partial charge on any atom is -0.507 e. The SMILES string of the molecule is COc1ccc(CCC(=O)c2c(O)cc(O[C@H]3O[C@@H](CO)[C@H](O)[C@@H](O)[C@@H]3O[C@@H]3O[C@H](C)[C@H](O)[C@H](O)[C@@H]3O)cc2O)cc1O. The van der Waals surface area contributed by atoms with Gasteiger partial charge in [0, 0.05) is 18.6 Å². The fourth-order valence-corrected chi connectivity index (χ4v) is 4.93. The number of hydrogen-bond donors (Lipinski definition) is 9. The van der Waals surface area contributed by atoms with Gasteiger partial charge in [-0.15, -0.1) is 0 Å². The van der Waals surface area contributed by atoms with Crippen LogP contribution < -0.4 is 9.47 Å². The number of carbonyl (C=O) groups is 1. The number of methoxy groups -OCH3 is 1. The fourth-order valence-electron chi connectivity index (χ4n) is 4.93. The molecule has 0 aromatic heterocycles. The second-order valence-corrected chi connectivity index (χ2v) is 10.4. The quantitative estimate of drug-likeness (QED) is 0.141. The van der Waals surface area contributed by atoms with Crippen molar-refractivity contribution in [1.82, 2.24) is 0 Å². The van der Waals surface area contributed by atoms with Crippen LogP contribution in [-0.4, -0.2) is 127 Å². The monoisotopic (exact) mass is 612 g/mol. The van der Waals surface area contributed by atoms with Gasteiger partial charge in [-0.05, 0) is 31.0 Å². The molecule has 0 radical (unpaired) electrons. The van der Waals surface area contributed by atoms with E-state index < -0.39 is 90.9 Å². The molecule has 2 saturated heterocycles. The molecule has 2 aliphatic rings. The van der Waals surface area contributed by atoms with E-state index in [9.17, 15) is 50.8 Å². The highest BCUT2D eigenvalue weighted by molar-refractivity contribution is 6.01. The smallest absolute Gasteiger partial charge is 0.229 e. The molecule has 0 spiro atoms. The second kappa shape index (κ2) is 13.6. The summed E-state index contributed by atoms with van der Waals surface area (Å²) in [6.07, 6.45) is -15.5. The third kappa shape index (κ3) is 6.95. The predicted molar refractivity (Wildman–Crippen MR) is 143 cm³/mol. The number of ether oxygens (including phenoxy) is 5. The van der Waals surface area contributed by atoms with Gasteiger partial charge in [-0.1, -0.05) is 6.07 Å². The highest BCUT2D eigenvalue weighted by Crippen LogP contribution is 2.37. The van der Waals surface area contributed by atoms with Gasteiger partial charge in [0.15, 0.2) is 29.7 Å². The minimum atomic E-state index is -1.79. The average Bonchev–Trinajstić information content (AvgIpc) is 2.96. The first-order valence-electron chi connectivity index (χ1n) is 13.5. The molecule has 4 rings (SSSR count). The molecule has 15 nitrogen and oxygen atoms in total. The van der Waals surface area contributed by atoms with E-state index in [4.69, 9.17) is 23.7 Å². The number of Topliss-reactive ketones (excluding diaryl/α,β-unsaturated/α-hetero) is 1. The first-order chi connectivity index (χ1) is 20.4. The largest absolute Gasteiger partial charge is 0.507 e. The molecule has 0 unspecified atom stereocenters. The number of hydrogen-bond acceptors (Lipinski definition) is 15. The Kier molecular flexibility index (Phi) is 10.3. The molecule has 2 aromatic carbocycles. The van der Waals surface area contributed by atoms with Crippen LogP contribution in [0.15, 0.2) is 30.3 Å². The first-order valence-corrected chi connectivity index (χ1v) is 13.5. The molecule has 0 saturated carbocycles. The summed E-state index contributed by atoms with van der Waals surface area (Å²) in [5.74, 6) is -2.04. The molecule has 0 amide bonds. The summed E-state index contributed by atoms with van der Waals surface area (Å²) in [6.45, 7) is 0.662. The van der Waals surface area contributed by atoms with E-state index in [0.717, 1.165) is 12.1 Å². The molecule has 0 bridgehead atoms. The Morgan fingerprint density at radius 2 is 1.51 bits per heavy atom. The van der Waals surface area contributed by atoms with Gasteiger partial charge in [-0.2, -0.15) is 0 Å². The third-order valence-electron chi connectivity index (χ3n) is 7.41. The van der Waals surface area contributed by atoms with Crippen molar-refractivity contribution in [2.24, 2.45) is 0 Å². The Bertz CT molecular complexity index is 1250. The van der Waals surface area contributed by atoms with Gasteiger partial charge < -0.3 is 69.6 Å². The van der Waals surface area contributed by atoms with Crippen molar-refractivity contribution in [2.45, 2.75) is 81.2 Å². The summed E-state index contributed by atoms with van der Waals surface area (Å²) < 4.78 is 27.2. The van der Waals surface area contributed by atoms with Gasteiger partial charge in [-0.25, -0.2) is 0 Å². The normalized spacial score (nSPS) is 32.7. The Morgan fingerprint density at radius 3 is 2.12 bits per heavy atom. The highest BCUT2D eigenvalue weighted by atomic mass is 16.8. The van der Waals surface area contributed by atoms with Crippen LogP contribution in [0.3, 0.4) is 0 Å². The van der Waals surface area contributed by atoms with E-state index in [1.165, 1.54) is 26.2 Å². The number of benzene rings is 2. The van der Waals surface area contributed by atoms with Crippen molar-refractivity contribution >= 4 is 5.78 Å². The number of ketones is 1. The molecule has 2 heterocycles. The zero-order valence-electron chi connectivity index (χ0n) is 23.3. The van der Waals surface area contributed by atoms with Crippen LogP contribution >= 0.6 is 0 Å².